The van der Waals surface area contributed by atoms with Gasteiger partial charge in [-0.05, 0) is 49.8 Å². The lowest BCUT2D eigenvalue weighted by atomic mass is 9.96. The van der Waals surface area contributed by atoms with Gasteiger partial charge in [0.05, 0.1) is 0 Å². The molecule has 0 radical (unpaired) electrons. The van der Waals surface area contributed by atoms with E-state index in [-0.39, 0.29) is 11.8 Å². The molecule has 118 valence electrons. The van der Waals surface area contributed by atoms with Crippen molar-refractivity contribution in [1.82, 2.24) is 4.90 Å². The molecule has 0 spiro atoms. The van der Waals surface area contributed by atoms with Crippen LogP contribution in [0.2, 0.25) is 0 Å². The van der Waals surface area contributed by atoms with Crippen LogP contribution in [0.25, 0.3) is 0 Å². The lowest BCUT2D eigenvalue weighted by Gasteiger charge is -2.33. The number of benzene rings is 1. The van der Waals surface area contributed by atoms with Crippen LogP contribution in [0.5, 0.6) is 0 Å². The van der Waals surface area contributed by atoms with E-state index in [0.29, 0.717) is 24.4 Å². The first kappa shape index (κ1) is 15.0. The summed E-state index contributed by atoms with van der Waals surface area (Å²) >= 11 is 0. The summed E-state index contributed by atoms with van der Waals surface area (Å²) in [5, 5.41) is 2.69. The second kappa shape index (κ2) is 5.71. The van der Waals surface area contributed by atoms with Crippen molar-refractivity contribution >= 4 is 17.5 Å². The number of likely N-dealkylation sites (tertiary alicyclic amines) is 1. The van der Waals surface area contributed by atoms with Gasteiger partial charge in [-0.15, -0.1) is 0 Å². The zero-order valence-electron chi connectivity index (χ0n) is 12.8. The van der Waals surface area contributed by atoms with Crippen LogP contribution in [-0.4, -0.2) is 29.8 Å². The van der Waals surface area contributed by atoms with Crippen molar-refractivity contribution in [3.8, 4) is 0 Å². The fourth-order valence-electron chi connectivity index (χ4n) is 3.16. The second-order valence-electron chi connectivity index (χ2n) is 6.55. The molecule has 1 unspecified atom stereocenters. The number of nitrogens with zero attached hydrogens (tertiary/aromatic N) is 1. The van der Waals surface area contributed by atoms with Crippen molar-refractivity contribution in [2.24, 2.45) is 11.3 Å². The highest BCUT2D eigenvalue weighted by atomic mass is 19.1. The molecule has 3 rings (SSSR count). The molecule has 2 aliphatic rings. The van der Waals surface area contributed by atoms with Crippen LogP contribution >= 0.6 is 0 Å². The van der Waals surface area contributed by atoms with Crippen LogP contribution in [-0.2, 0) is 9.59 Å². The number of amides is 2. The Morgan fingerprint density at radius 2 is 2.14 bits per heavy atom. The maximum Gasteiger partial charge on any atom is 0.240 e. The average Bonchev–Trinajstić information content (AvgIpc) is 3.28. The number of carbonyl (C=O) groups excluding carboxylic acids is 2. The van der Waals surface area contributed by atoms with E-state index in [1.54, 1.807) is 12.1 Å². The van der Waals surface area contributed by atoms with Crippen molar-refractivity contribution in [2.75, 3.05) is 18.4 Å². The summed E-state index contributed by atoms with van der Waals surface area (Å²) in [6, 6.07) is 5.76. The average molecular weight is 304 g/mol. The fraction of sp³-hybridized carbons (Fsp3) is 0.529. The predicted molar refractivity (Wildman–Crippen MR) is 81.7 cm³/mol. The summed E-state index contributed by atoms with van der Waals surface area (Å²) in [4.78, 5) is 27.0. The monoisotopic (exact) mass is 304 g/mol. The molecule has 0 aromatic heterocycles. The van der Waals surface area contributed by atoms with Gasteiger partial charge in [0.1, 0.15) is 11.2 Å². The summed E-state index contributed by atoms with van der Waals surface area (Å²) in [5.41, 5.74) is -0.528. The van der Waals surface area contributed by atoms with Gasteiger partial charge in [-0.1, -0.05) is 13.0 Å². The number of rotatable bonds is 3. The molecule has 1 aromatic rings. The lowest BCUT2D eigenvalue weighted by molar-refractivity contribution is -0.143. The molecule has 1 N–H and O–H groups in total. The summed E-state index contributed by atoms with van der Waals surface area (Å²) in [5.74, 6) is -0.284. The van der Waals surface area contributed by atoms with Gasteiger partial charge in [0.15, 0.2) is 0 Å². The SMILES string of the molecule is CC1CCCN(C(=O)C2(C(=O)Nc3cccc(F)c3)CC2)C1. The van der Waals surface area contributed by atoms with E-state index < -0.39 is 11.2 Å². The van der Waals surface area contributed by atoms with Crippen molar-refractivity contribution in [1.29, 1.82) is 0 Å². The zero-order valence-corrected chi connectivity index (χ0v) is 12.8. The van der Waals surface area contributed by atoms with E-state index in [4.69, 9.17) is 0 Å². The molecule has 1 saturated carbocycles. The molecule has 1 atom stereocenters. The van der Waals surface area contributed by atoms with E-state index in [1.165, 1.54) is 12.1 Å². The quantitative estimate of drug-likeness (QED) is 0.873. The van der Waals surface area contributed by atoms with Gasteiger partial charge in [-0.25, -0.2) is 4.39 Å². The van der Waals surface area contributed by atoms with Gasteiger partial charge < -0.3 is 10.2 Å². The van der Waals surface area contributed by atoms with Crippen molar-refractivity contribution in [3.63, 3.8) is 0 Å². The Morgan fingerprint density at radius 1 is 1.36 bits per heavy atom. The molecular formula is C17H21FN2O2. The second-order valence-corrected chi connectivity index (χ2v) is 6.55. The summed E-state index contributed by atoms with van der Waals surface area (Å²) in [6.07, 6.45) is 3.29. The molecule has 22 heavy (non-hydrogen) atoms. The van der Waals surface area contributed by atoms with Gasteiger partial charge in [-0.3, -0.25) is 9.59 Å². The van der Waals surface area contributed by atoms with Crippen LogP contribution in [0.15, 0.2) is 24.3 Å². The number of piperidine rings is 1. The number of anilines is 1. The lowest BCUT2D eigenvalue weighted by Crippen LogP contribution is -2.46. The highest BCUT2D eigenvalue weighted by molar-refractivity contribution is 6.13. The molecule has 1 aromatic carbocycles. The van der Waals surface area contributed by atoms with E-state index in [0.717, 1.165) is 25.9 Å². The molecule has 1 saturated heterocycles. The van der Waals surface area contributed by atoms with Crippen molar-refractivity contribution in [3.05, 3.63) is 30.1 Å². The number of hydrogen-bond donors (Lipinski definition) is 1. The summed E-state index contributed by atoms with van der Waals surface area (Å²) in [6.45, 7) is 3.60. The maximum atomic E-state index is 13.2. The zero-order chi connectivity index (χ0) is 15.7. The Bertz CT molecular complexity index is 598. The Balaban J connectivity index is 1.70. The summed E-state index contributed by atoms with van der Waals surface area (Å²) in [7, 11) is 0. The van der Waals surface area contributed by atoms with Crippen molar-refractivity contribution in [2.45, 2.75) is 32.6 Å². The summed E-state index contributed by atoms with van der Waals surface area (Å²) < 4.78 is 13.2. The van der Waals surface area contributed by atoms with Gasteiger partial charge >= 0.3 is 0 Å². The van der Waals surface area contributed by atoms with Crippen LogP contribution in [0.3, 0.4) is 0 Å². The fourth-order valence-corrected chi connectivity index (χ4v) is 3.16. The molecule has 0 bridgehead atoms. The van der Waals surface area contributed by atoms with E-state index in [9.17, 15) is 14.0 Å². The number of hydrogen-bond acceptors (Lipinski definition) is 2. The topological polar surface area (TPSA) is 49.4 Å². The molecule has 1 heterocycles. The minimum Gasteiger partial charge on any atom is -0.342 e. The molecule has 2 amide bonds. The minimum atomic E-state index is -0.927. The van der Waals surface area contributed by atoms with Crippen LogP contribution in [0.1, 0.15) is 32.6 Å². The van der Waals surface area contributed by atoms with Crippen molar-refractivity contribution < 1.29 is 14.0 Å². The third-order valence-corrected chi connectivity index (χ3v) is 4.62. The smallest absolute Gasteiger partial charge is 0.240 e. The van der Waals surface area contributed by atoms with E-state index >= 15 is 0 Å². The van der Waals surface area contributed by atoms with Crippen LogP contribution in [0, 0.1) is 17.2 Å². The Hall–Kier alpha value is -1.91. The molecule has 1 aliphatic heterocycles. The number of halogens is 1. The van der Waals surface area contributed by atoms with E-state index in [2.05, 4.69) is 12.2 Å². The van der Waals surface area contributed by atoms with Crippen LogP contribution in [0.4, 0.5) is 10.1 Å². The minimum absolute atomic E-state index is 0.0621. The number of nitrogens with one attached hydrogen (secondary N) is 1. The Kier molecular flexibility index (Phi) is 3.89. The standard InChI is InChI=1S/C17H21FN2O2/c1-12-4-3-9-20(11-12)16(22)17(7-8-17)15(21)19-14-6-2-5-13(18)10-14/h2,5-6,10,12H,3-4,7-9,11H2,1H3,(H,19,21). The number of carbonyl (C=O) groups is 2. The van der Waals surface area contributed by atoms with Gasteiger partial charge in [0.25, 0.3) is 0 Å². The first-order valence-electron chi connectivity index (χ1n) is 7.88. The first-order valence-corrected chi connectivity index (χ1v) is 7.88. The highest BCUT2D eigenvalue weighted by Crippen LogP contribution is 2.48. The Labute approximate surface area is 129 Å². The third kappa shape index (κ3) is 2.85. The largest absolute Gasteiger partial charge is 0.342 e. The van der Waals surface area contributed by atoms with Gasteiger partial charge in [0.2, 0.25) is 11.8 Å². The molecule has 1 aliphatic carbocycles. The van der Waals surface area contributed by atoms with Gasteiger partial charge in [0, 0.05) is 18.8 Å². The van der Waals surface area contributed by atoms with Gasteiger partial charge in [-0.2, -0.15) is 0 Å². The first-order chi connectivity index (χ1) is 10.5. The highest BCUT2D eigenvalue weighted by Gasteiger charge is 2.58. The normalized spacial score (nSPS) is 23.0. The Morgan fingerprint density at radius 3 is 2.77 bits per heavy atom. The molecule has 2 fully saturated rings. The molecular weight excluding hydrogens is 283 g/mol. The maximum absolute atomic E-state index is 13.2. The third-order valence-electron chi connectivity index (χ3n) is 4.62. The molecule has 5 heteroatoms. The van der Waals surface area contributed by atoms with E-state index in [1.807, 2.05) is 4.90 Å². The van der Waals surface area contributed by atoms with Crippen LogP contribution < -0.4 is 5.32 Å². The molecule has 4 nitrogen and oxygen atoms in total. The predicted octanol–water partition coefficient (Wildman–Crippen LogP) is 2.80.